The molecule has 1 aliphatic rings. The molecule has 2 rings (SSSR count). The van der Waals surface area contributed by atoms with Gasteiger partial charge < -0.3 is 14.8 Å². The molecule has 1 N–H and O–H groups in total. The van der Waals surface area contributed by atoms with Gasteiger partial charge in [0.05, 0.1) is 18.4 Å². The molecule has 0 fully saturated rings. The lowest BCUT2D eigenvalue weighted by molar-refractivity contribution is -0.167. The van der Waals surface area contributed by atoms with Crippen molar-refractivity contribution in [1.82, 2.24) is 0 Å². The molecule has 0 aliphatic carbocycles. The maximum Gasteiger partial charge on any atom is 0.471 e. The summed E-state index contributed by atoms with van der Waals surface area (Å²) in [5.41, 5.74) is 2.87. The van der Waals surface area contributed by atoms with E-state index in [4.69, 9.17) is 4.74 Å². The largest absolute Gasteiger partial charge is 0.471 e. The van der Waals surface area contributed by atoms with Crippen molar-refractivity contribution in [2.24, 2.45) is 0 Å². The number of ether oxygens (including phenoxy) is 2. The Morgan fingerprint density at radius 1 is 1.21 bits per heavy atom. The van der Waals surface area contributed by atoms with Crippen molar-refractivity contribution < 1.29 is 37.0 Å². The van der Waals surface area contributed by atoms with Crippen LogP contribution in [0.1, 0.15) is 52.4 Å². The number of alkyl halides is 3. The van der Waals surface area contributed by atoms with Crippen LogP contribution in [0.2, 0.25) is 0 Å². The first-order valence-corrected chi connectivity index (χ1v) is 8.90. The van der Waals surface area contributed by atoms with Gasteiger partial charge in [0, 0.05) is 12.0 Å². The maximum absolute atomic E-state index is 12.8. The molecule has 0 bridgehead atoms. The molecule has 1 aromatic rings. The number of benzene rings is 1. The zero-order chi connectivity index (χ0) is 21.9. The van der Waals surface area contributed by atoms with Gasteiger partial charge in [-0.15, -0.1) is 0 Å². The Kier molecular flexibility index (Phi) is 6.71. The quantitative estimate of drug-likeness (QED) is 0.565. The van der Waals surface area contributed by atoms with Crippen molar-refractivity contribution >= 4 is 23.5 Å². The van der Waals surface area contributed by atoms with Gasteiger partial charge in [0.15, 0.2) is 0 Å². The molecule has 1 amide bonds. The number of halogens is 3. The lowest BCUT2D eigenvalue weighted by Crippen LogP contribution is -2.31. The molecule has 9 heteroatoms. The third kappa shape index (κ3) is 4.96. The van der Waals surface area contributed by atoms with E-state index in [0.717, 1.165) is 11.1 Å². The second-order valence-electron chi connectivity index (χ2n) is 6.82. The van der Waals surface area contributed by atoms with Crippen LogP contribution in [0.4, 0.5) is 18.9 Å². The number of carbonyl (C=O) groups excluding carboxylic acids is 3. The van der Waals surface area contributed by atoms with E-state index in [2.05, 4.69) is 4.74 Å². The van der Waals surface area contributed by atoms with Crippen LogP contribution in [0.25, 0.3) is 0 Å². The van der Waals surface area contributed by atoms with E-state index in [1.54, 1.807) is 26.8 Å². The second kappa shape index (κ2) is 8.67. The zero-order valence-corrected chi connectivity index (χ0v) is 16.6. The van der Waals surface area contributed by atoms with Crippen LogP contribution < -0.4 is 5.32 Å². The molecular formula is C20H22F3NO5. The molecule has 0 unspecified atom stereocenters. The number of cyclic esters (lactones) is 1. The Morgan fingerprint density at radius 2 is 1.86 bits per heavy atom. The molecule has 1 heterocycles. The fourth-order valence-electron chi connectivity index (χ4n) is 3.10. The highest BCUT2D eigenvalue weighted by molar-refractivity contribution is 6.06. The maximum atomic E-state index is 12.8. The minimum absolute atomic E-state index is 0.0405. The Balaban J connectivity index is 2.46. The molecule has 0 atom stereocenters. The van der Waals surface area contributed by atoms with E-state index in [-0.39, 0.29) is 36.7 Å². The summed E-state index contributed by atoms with van der Waals surface area (Å²) < 4.78 is 48.1. The average Bonchev–Trinajstić information content (AvgIpc) is 3.04. The minimum atomic E-state index is -5.10. The van der Waals surface area contributed by atoms with Gasteiger partial charge >= 0.3 is 24.0 Å². The van der Waals surface area contributed by atoms with Crippen LogP contribution in [-0.4, -0.2) is 31.1 Å². The van der Waals surface area contributed by atoms with E-state index in [1.165, 1.54) is 7.11 Å². The van der Waals surface area contributed by atoms with E-state index < -0.39 is 18.1 Å². The molecule has 0 radical (unpaired) electrons. The van der Waals surface area contributed by atoms with Gasteiger partial charge in [0.2, 0.25) is 0 Å². The third-order valence-electron chi connectivity index (χ3n) is 4.97. The number of rotatable bonds is 6. The van der Waals surface area contributed by atoms with Crippen molar-refractivity contribution in [3.05, 3.63) is 39.5 Å². The van der Waals surface area contributed by atoms with E-state index in [1.807, 2.05) is 5.32 Å². The molecule has 0 aromatic heterocycles. The van der Waals surface area contributed by atoms with Gasteiger partial charge in [-0.1, -0.05) is 11.6 Å². The summed E-state index contributed by atoms with van der Waals surface area (Å²) in [7, 11) is 1.28. The third-order valence-corrected chi connectivity index (χ3v) is 4.97. The first-order valence-electron chi connectivity index (χ1n) is 8.90. The van der Waals surface area contributed by atoms with Crippen LogP contribution in [-0.2, 0) is 32.1 Å². The predicted molar refractivity (Wildman–Crippen MR) is 98.4 cm³/mol. The standard InChI is InChI=1S/C20H22F3NO5/c1-10(6-8-15(25)28-4)5-7-13-11(2)12(3)14-9-29-18(26)16(14)17(13)24-19(27)20(21,22)23/h5H,6-9H2,1-4H3,(H,24,27)/b10-5+. The highest BCUT2D eigenvalue weighted by Gasteiger charge is 2.41. The van der Waals surface area contributed by atoms with Gasteiger partial charge in [0.25, 0.3) is 0 Å². The molecule has 0 saturated carbocycles. The lowest BCUT2D eigenvalue weighted by atomic mass is 9.90. The molecule has 0 saturated heterocycles. The van der Waals surface area contributed by atoms with Gasteiger partial charge in [-0.05, 0) is 50.3 Å². The number of allylic oxidation sites excluding steroid dienone is 2. The van der Waals surface area contributed by atoms with Gasteiger partial charge in [-0.25, -0.2) is 4.79 Å². The van der Waals surface area contributed by atoms with Crippen molar-refractivity contribution in [2.45, 2.75) is 52.8 Å². The molecule has 6 nitrogen and oxygen atoms in total. The summed E-state index contributed by atoms with van der Waals surface area (Å²) in [6, 6.07) is 0. The molecule has 1 aliphatic heterocycles. The van der Waals surface area contributed by atoms with E-state index >= 15 is 0 Å². The summed E-state index contributed by atoms with van der Waals surface area (Å²) in [6.45, 7) is 5.20. The van der Waals surface area contributed by atoms with Crippen LogP contribution in [0.5, 0.6) is 0 Å². The van der Waals surface area contributed by atoms with Crippen LogP contribution >= 0.6 is 0 Å². The second-order valence-corrected chi connectivity index (χ2v) is 6.82. The SMILES string of the molecule is COC(=O)CC/C(C)=C/Cc1c(C)c(C)c2c(c1NC(=O)C(F)(F)F)C(=O)OC2. The molecule has 158 valence electrons. The Bertz CT molecular complexity index is 887. The molecular weight excluding hydrogens is 391 g/mol. The highest BCUT2D eigenvalue weighted by atomic mass is 19.4. The number of hydrogen-bond donors (Lipinski definition) is 1. The van der Waals surface area contributed by atoms with E-state index in [0.29, 0.717) is 23.1 Å². The summed E-state index contributed by atoms with van der Waals surface area (Å²) in [5.74, 6) is -3.30. The van der Waals surface area contributed by atoms with Gasteiger partial charge in [-0.3, -0.25) is 9.59 Å². The fraction of sp³-hybridized carbons (Fsp3) is 0.450. The lowest BCUT2D eigenvalue weighted by Gasteiger charge is -2.19. The van der Waals surface area contributed by atoms with Crippen LogP contribution in [0.15, 0.2) is 11.6 Å². The van der Waals surface area contributed by atoms with Crippen LogP contribution in [0, 0.1) is 13.8 Å². The highest BCUT2D eigenvalue weighted by Crippen LogP contribution is 2.37. The summed E-state index contributed by atoms with van der Waals surface area (Å²) >= 11 is 0. The number of fused-ring (bicyclic) bond motifs is 1. The summed E-state index contributed by atoms with van der Waals surface area (Å²) in [6.07, 6.45) is -2.58. The first kappa shape index (κ1) is 22.4. The number of nitrogens with one attached hydrogen (secondary N) is 1. The first-order chi connectivity index (χ1) is 13.5. The number of methoxy groups -OCH3 is 1. The van der Waals surface area contributed by atoms with Crippen molar-refractivity contribution in [2.75, 3.05) is 12.4 Å². The predicted octanol–water partition coefficient (Wildman–Crippen LogP) is 3.92. The zero-order valence-electron chi connectivity index (χ0n) is 16.6. The Morgan fingerprint density at radius 3 is 2.45 bits per heavy atom. The number of amides is 1. The number of anilines is 1. The number of hydrogen-bond acceptors (Lipinski definition) is 5. The van der Waals surface area contributed by atoms with Gasteiger partial charge in [0.1, 0.15) is 6.61 Å². The Labute approximate surface area is 166 Å². The van der Waals surface area contributed by atoms with Crippen molar-refractivity contribution in [3.8, 4) is 0 Å². The summed E-state index contributed by atoms with van der Waals surface area (Å²) in [5, 5.41) is 1.86. The molecule has 0 spiro atoms. The fourth-order valence-corrected chi connectivity index (χ4v) is 3.10. The number of carbonyl (C=O) groups is 3. The Hall–Kier alpha value is -2.84. The molecule has 29 heavy (non-hydrogen) atoms. The van der Waals surface area contributed by atoms with Crippen molar-refractivity contribution in [1.29, 1.82) is 0 Å². The van der Waals surface area contributed by atoms with E-state index in [9.17, 15) is 27.6 Å². The molecule has 1 aromatic carbocycles. The minimum Gasteiger partial charge on any atom is -0.469 e. The normalized spacial score (nSPS) is 13.8. The van der Waals surface area contributed by atoms with Gasteiger partial charge in [-0.2, -0.15) is 13.2 Å². The van der Waals surface area contributed by atoms with Crippen LogP contribution in [0.3, 0.4) is 0 Å². The van der Waals surface area contributed by atoms with Crippen molar-refractivity contribution in [3.63, 3.8) is 0 Å². The smallest absolute Gasteiger partial charge is 0.469 e. The summed E-state index contributed by atoms with van der Waals surface area (Å²) in [4.78, 5) is 35.0. The average molecular weight is 413 g/mol. The topological polar surface area (TPSA) is 81.7 Å². The monoisotopic (exact) mass is 413 g/mol. The number of esters is 2.